The Bertz CT molecular complexity index is 1050. The first-order valence-electron chi connectivity index (χ1n) is 9.70. The minimum Gasteiger partial charge on any atom is -0.497 e. The van der Waals surface area contributed by atoms with E-state index in [0.717, 1.165) is 22.7 Å². The average Bonchev–Trinajstić information content (AvgIpc) is 3.21. The zero-order chi connectivity index (χ0) is 22.4. The molecule has 1 heterocycles. The molecule has 1 aromatic heterocycles. The Labute approximate surface area is 184 Å². The molecule has 2 aromatic carbocycles. The first-order valence-corrected chi connectivity index (χ1v) is 10.7. The monoisotopic (exact) mass is 440 g/mol. The summed E-state index contributed by atoms with van der Waals surface area (Å²) in [5.74, 6) is 0.579. The minimum atomic E-state index is -0.977. The number of aromatic carboxylic acids is 1. The topological polar surface area (TPSA) is 106 Å². The number of carbonyl (C=O) groups is 2. The van der Waals surface area contributed by atoms with Crippen molar-refractivity contribution in [3.8, 4) is 17.1 Å². The molecule has 0 aliphatic heterocycles. The van der Waals surface area contributed by atoms with Gasteiger partial charge in [0.25, 0.3) is 0 Å². The number of benzene rings is 2. The lowest BCUT2D eigenvalue weighted by atomic mass is 10.1. The number of carboxylic acid groups (broad SMARTS) is 1. The molecule has 3 aromatic rings. The fraction of sp³-hybridized carbons (Fsp3) is 0.273. The summed E-state index contributed by atoms with van der Waals surface area (Å²) < 4.78 is 7.21. The zero-order valence-corrected chi connectivity index (χ0v) is 18.3. The molecule has 0 aliphatic carbocycles. The second-order valence-corrected chi connectivity index (χ2v) is 8.01. The summed E-state index contributed by atoms with van der Waals surface area (Å²) in [4.78, 5) is 23.2. The summed E-state index contributed by atoms with van der Waals surface area (Å²) in [6.45, 7) is 4.41. The lowest BCUT2D eigenvalue weighted by Gasteiger charge is -2.14. The lowest BCUT2D eigenvalue weighted by Crippen LogP contribution is -2.24. The number of thioether (sulfide) groups is 1. The van der Waals surface area contributed by atoms with Crippen molar-refractivity contribution in [1.29, 1.82) is 0 Å². The van der Waals surface area contributed by atoms with Crippen LogP contribution in [0.4, 0.5) is 0 Å². The van der Waals surface area contributed by atoms with Gasteiger partial charge in [0.2, 0.25) is 5.91 Å². The van der Waals surface area contributed by atoms with E-state index in [1.54, 1.807) is 19.2 Å². The van der Waals surface area contributed by atoms with Gasteiger partial charge in [-0.25, -0.2) is 4.79 Å². The van der Waals surface area contributed by atoms with Crippen molar-refractivity contribution in [2.45, 2.75) is 31.6 Å². The third kappa shape index (κ3) is 5.64. The van der Waals surface area contributed by atoms with E-state index in [-0.39, 0.29) is 23.3 Å². The van der Waals surface area contributed by atoms with Crippen LogP contribution in [0.3, 0.4) is 0 Å². The molecule has 0 bridgehead atoms. The third-order valence-electron chi connectivity index (χ3n) is 4.55. The van der Waals surface area contributed by atoms with Gasteiger partial charge in [-0.05, 0) is 55.8 Å². The van der Waals surface area contributed by atoms with Gasteiger partial charge in [0.05, 0.1) is 18.4 Å². The molecule has 3 rings (SSSR count). The summed E-state index contributed by atoms with van der Waals surface area (Å²) >= 11 is 1.32. The molecule has 2 N–H and O–H groups in total. The number of carboxylic acids is 1. The number of ether oxygens (including phenoxy) is 1. The third-order valence-corrected chi connectivity index (χ3v) is 5.50. The standard InChI is InChI=1S/C22H24N4O4S/c1-14(2)26-20(16-8-10-18(30-3)11-9-16)24-25-22(26)31-13-19(27)23-12-15-4-6-17(7-5-15)21(28)29/h4-11,14H,12-13H2,1-3H3,(H,23,27)(H,28,29). The molecule has 0 spiro atoms. The van der Waals surface area contributed by atoms with E-state index < -0.39 is 5.97 Å². The Morgan fingerprint density at radius 2 is 1.77 bits per heavy atom. The van der Waals surface area contributed by atoms with Crippen LogP contribution in [-0.4, -0.2) is 44.6 Å². The Morgan fingerprint density at radius 3 is 2.35 bits per heavy atom. The largest absolute Gasteiger partial charge is 0.497 e. The SMILES string of the molecule is COc1ccc(-c2nnc(SCC(=O)NCc3ccc(C(=O)O)cc3)n2C(C)C)cc1. The van der Waals surface area contributed by atoms with Gasteiger partial charge in [-0.3, -0.25) is 9.36 Å². The quantitative estimate of drug-likeness (QED) is 0.489. The molecule has 1 amide bonds. The minimum absolute atomic E-state index is 0.116. The maximum atomic E-state index is 12.3. The lowest BCUT2D eigenvalue weighted by molar-refractivity contribution is -0.118. The van der Waals surface area contributed by atoms with Gasteiger partial charge < -0.3 is 15.2 Å². The fourth-order valence-corrected chi connectivity index (χ4v) is 3.82. The van der Waals surface area contributed by atoms with Gasteiger partial charge >= 0.3 is 5.97 Å². The number of carbonyl (C=O) groups excluding carboxylic acids is 1. The average molecular weight is 441 g/mol. The molecule has 0 fully saturated rings. The molecule has 0 unspecified atom stereocenters. The van der Waals surface area contributed by atoms with Crippen molar-refractivity contribution in [1.82, 2.24) is 20.1 Å². The first kappa shape index (κ1) is 22.4. The summed E-state index contributed by atoms with van der Waals surface area (Å²) in [6.07, 6.45) is 0. The maximum Gasteiger partial charge on any atom is 0.335 e. The van der Waals surface area contributed by atoms with Crippen LogP contribution in [0.2, 0.25) is 0 Å². The summed E-state index contributed by atoms with van der Waals surface area (Å²) in [6, 6.07) is 14.1. The van der Waals surface area contributed by atoms with Gasteiger partial charge in [-0.1, -0.05) is 23.9 Å². The Balaban J connectivity index is 1.62. The van der Waals surface area contributed by atoms with Gasteiger partial charge in [0, 0.05) is 18.2 Å². The fourth-order valence-electron chi connectivity index (χ4n) is 2.92. The number of hydrogen-bond acceptors (Lipinski definition) is 6. The van der Waals surface area contributed by atoms with Gasteiger partial charge in [0.1, 0.15) is 5.75 Å². The number of hydrogen-bond donors (Lipinski definition) is 2. The number of rotatable bonds is 9. The van der Waals surface area contributed by atoms with E-state index in [9.17, 15) is 9.59 Å². The van der Waals surface area contributed by atoms with E-state index in [2.05, 4.69) is 15.5 Å². The molecule has 0 aliphatic rings. The number of aromatic nitrogens is 3. The van der Waals surface area contributed by atoms with Crippen LogP contribution in [0.25, 0.3) is 11.4 Å². The molecule has 8 nitrogen and oxygen atoms in total. The number of nitrogens with one attached hydrogen (secondary N) is 1. The van der Waals surface area contributed by atoms with E-state index in [0.29, 0.717) is 11.7 Å². The molecule has 0 radical (unpaired) electrons. The molecule has 0 atom stereocenters. The number of nitrogens with zero attached hydrogens (tertiary/aromatic N) is 3. The second-order valence-electron chi connectivity index (χ2n) is 7.07. The molecule has 9 heteroatoms. The van der Waals surface area contributed by atoms with Crippen LogP contribution in [0, 0.1) is 0 Å². The van der Waals surface area contributed by atoms with E-state index in [1.807, 2.05) is 42.7 Å². The van der Waals surface area contributed by atoms with E-state index in [4.69, 9.17) is 9.84 Å². The van der Waals surface area contributed by atoms with Gasteiger partial charge in [-0.2, -0.15) is 0 Å². The maximum absolute atomic E-state index is 12.3. The highest BCUT2D eigenvalue weighted by Crippen LogP contribution is 2.28. The number of methoxy groups -OCH3 is 1. The van der Waals surface area contributed by atoms with E-state index in [1.165, 1.54) is 23.9 Å². The van der Waals surface area contributed by atoms with Crippen molar-refractivity contribution >= 4 is 23.6 Å². The van der Waals surface area contributed by atoms with Crippen LogP contribution in [0.15, 0.2) is 53.7 Å². The molecule has 31 heavy (non-hydrogen) atoms. The molecular formula is C22H24N4O4S. The van der Waals surface area contributed by atoms with Crippen LogP contribution < -0.4 is 10.1 Å². The second kappa shape index (κ2) is 10.1. The first-order chi connectivity index (χ1) is 14.9. The highest BCUT2D eigenvalue weighted by Gasteiger charge is 2.18. The molecule has 0 saturated carbocycles. The van der Waals surface area contributed by atoms with Gasteiger partial charge in [-0.15, -0.1) is 10.2 Å². The predicted molar refractivity (Wildman–Crippen MR) is 118 cm³/mol. The van der Waals surface area contributed by atoms with Crippen LogP contribution >= 0.6 is 11.8 Å². The molecular weight excluding hydrogens is 416 g/mol. The van der Waals surface area contributed by atoms with Crippen molar-refractivity contribution in [3.05, 3.63) is 59.7 Å². The van der Waals surface area contributed by atoms with Crippen LogP contribution in [0.5, 0.6) is 5.75 Å². The highest BCUT2D eigenvalue weighted by molar-refractivity contribution is 7.99. The smallest absolute Gasteiger partial charge is 0.335 e. The highest BCUT2D eigenvalue weighted by atomic mass is 32.2. The van der Waals surface area contributed by atoms with Crippen molar-refractivity contribution in [3.63, 3.8) is 0 Å². The normalized spacial score (nSPS) is 10.8. The van der Waals surface area contributed by atoms with Crippen LogP contribution in [-0.2, 0) is 11.3 Å². The Hall–Kier alpha value is -3.33. The molecule has 162 valence electrons. The molecule has 0 saturated heterocycles. The predicted octanol–water partition coefficient (Wildman–Crippen LogP) is 3.64. The van der Waals surface area contributed by atoms with Crippen molar-refractivity contribution < 1.29 is 19.4 Å². The van der Waals surface area contributed by atoms with Crippen LogP contribution in [0.1, 0.15) is 35.8 Å². The summed E-state index contributed by atoms with van der Waals surface area (Å²) in [5, 5.41) is 21.1. The summed E-state index contributed by atoms with van der Waals surface area (Å²) in [5.41, 5.74) is 1.96. The van der Waals surface area contributed by atoms with Crippen molar-refractivity contribution in [2.24, 2.45) is 0 Å². The Morgan fingerprint density at radius 1 is 1.10 bits per heavy atom. The van der Waals surface area contributed by atoms with Crippen molar-refractivity contribution in [2.75, 3.05) is 12.9 Å². The summed E-state index contributed by atoms with van der Waals surface area (Å²) in [7, 11) is 1.62. The zero-order valence-electron chi connectivity index (χ0n) is 17.5. The van der Waals surface area contributed by atoms with E-state index >= 15 is 0 Å². The Kier molecular flexibility index (Phi) is 7.30. The van der Waals surface area contributed by atoms with Gasteiger partial charge in [0.15, 0.2) is 11.0 Å². The number of amides is 1.